The quantitative estimate of drug-likeness (QED) is 0.550. The summed E-state index contributed by atoms with van der Waals surface area (Å²) >= 11 is 0. The summed E-state index contributed by atoms with van der Waals surface area (Å²) in [7, 11) is -3.86. The summed E-state index contributed by atoms with van der Waals surface area (Å²) in [6.07, 6.45) is 0. The zero-order valence-corrected chi connectivity index (χ0v) is 13.1. The van der Waals surface area contributed by atoms with Crippen molar-refractivity contribution in [2.24, 2.45) is 0 Å². The Morgan fingerprint density at radius 2 is 0.900 bits per heavy atom. The first-order valence-corrected chi connectivity index (χ1v) is 7.87. The van der Waals surface area contributed by atoms with E-state index in [4.69, 9.17) is 13.3 Å². The van der Waals surface area contributed by atoms with Gasteiger partial charge in [-0.2, -0.15) is 0 Å². The lowest BCUT2D eigenvalue weighted by molar-refractivity contribution is -0.145. The highest BCUT2D eigenvalue weighted by molar-refractivity contribution is 6.65. The first-order valence-electron chi connectivity index (χ1n) is 5.65. The normalized spacial score (nSPS) is 10.2. The Kier molecular flexibility index (Phi) is 6.11. The topological polar surface area (TPSA) is 78.9 Å². The van der Waals surface area contributed by atoms with E-state index in [-0.39, 0.29) is 16.7 Å². The molecule has 0 aromatic heterocycles. The number of carbonyl (C=O) groups excluding carboxylic acids is 3. The Labute approximate surface area is 119 Å². The molecule has 0 bridgehead atoms. The number of carbonyl (C=O) groups is 3. The van der Waals surface area contributed by atoms with Crippen molar-refractivity contribution in [3.8, 4) is 0 Å². The Bertz CT molecular complexity index is 422. The molecule has 0 aliphatic rings. The van der Waals surface area contributed by atoms with E-state index in [9.17, 15) is 14.4 Å². The second-order valence-electron chi connectivity index (χ2n) is 4.37. The van der Waals surface area contributed by atoms with Gasteiger partial charge in [0, 0.05) is 23.3 Å². The highest BCUT2D eigenvalue weighted by Gasteiger charge is 2.48. The minimum atomic E-state index is -3.86. The third kappa shape index (κ3) is 5.66. The molecule has 0 amide bonds. The monoisotopic (exact) mass is 298 g/mol. The van der Waals surface area contributed by atoms with E-state index in [1.54, 1.807) is 0 Å². The fourth-order valence-electron chi connectivity index (χ4n) is 0.829. The maximum Gasteiger partial charge on any atom is 0.702 e. The third-order valence-corrected chi connectivity index (χ3v) is 3.55. The SMILES string of the molecule is C=C(C)C(=O)O[Si](C)(OC(=O)C(=C)C)OC(=O)C(=C)C. The largest absolute Gasteiger partial charge is 0.702 e. The molecule has 0 atom stereocenters. The molecule has 0 rings (SSSR count). The van der Waals surface area contributed by atoms with Gasteiger partial charge in [-0.25, -0.2) is 14.4 Å². The lowest BCUT2D eigenvalue weighted by Gasteiger charge is -2.24. The molecule has 0 heterocycles. The van der Waals surface area contributed by atoms with Crippen molar-refractivity contribution in [3.63, 3.8) is 0 Å². The second-order valence-corrected chi connectivity index (χ2v) is 6.71. The second kappa shape index (κ2) is 6.85. The van der Waals surface area contributed by atoms with Crippen molar-refractivity contribution in [3.05, 3.63) is 36.5 Å². The molecule has 0 fully saturated rings. The van der Waals surface area contributed by atoms with Crippen LogP contribution in [-0.2, 0) is 27.7 Å². The van der Waals surface area contributed by atoms with E-state index in [0.29, 0.717) is 0 Å². The highest BCUT2D eigenvalue weighted by Crippen LogP contribution is 2.15. The molecule has 0 aromatic rings. The Morgan fingerprint density at radius 3 is 1.05 bits per heavy atom. The predicted molar refractivity (Wildman–Crippen MR) is 74.3 cm³/mol. The van der Waals surface area contributed by atoms with Crippen LogP contribution in [-0.4, -0.2) is 26.7 Å². The average molecular weight is 298 g/mol. The molecule has 0 aliphatic heterocycles. The van der Waals surface area contributed by atoms with Crippen LogP contribution in [0, 0.1) is 0 Å². The van der Waals surface area contributed by atoms with Gasteiger partial charge in [0.15, 0.2) is 0 Å². The van der Waals surface area contributed by atoms with Crippen molar-refractivity contribution < 1.29 is 27.7 Å². The maximum atomic E-state index is 11.5. The van der Waals surface area contributed by atoms with Gasteiger partial charge in [0.1, 0.15) is 0 Å². The summed E-state index contributed by atoms with van der Waals surface area (Å²) < 4.78 is 14.9. The van der Waals surface area contributed by atoms with Crippen LogP contribution >= 0.6 is 0 Å². The summed E-state index contributed by atoms with van der Waals surface area (Å²) in [5.41, 5.74) is 0.254. The van der Waals surface area contributed by atoms with Crippen molar-refractivity contribution in [2.75, 3.05) is 0 Å². The van der Waals surface area contributed by atoms with Gasteiger partial charge in [0.25, 0.3) is 0 Å². The van der Waals surface area contributed by atoms with E-state index >= 15 is 0 Å². The van der Waals surface area contributed by atoms with Crippen LogP contribution in [0.3, 0.4) is 0 Å². The zero-order chi connectivity index (χ0) is 16.1. The van der Waals surface area contributed by atoms with Gasteiger partial charge in [-0.15, -0.1) is 0 Å². The minimum Gasteiger partial charge on any atom is -0.452 e. The molecule has 6 nitrogen and oxygen atoms in total. The van der Waals surface area contributed by atoms with Crippen LogP contribution in [0.15, 0.2) is 36.5 Å². The van der Waals surface area contributed by atoms with Crippen molar-refractivity contribution >= 4 is 26.7 Å². The molecule has 0 N–H and O–H groups in total. The van der Waals surface area contributed by atoms with E-state index in [1.807, 2.05) is 0 Å². The van der Waals surface area contributed by atoms with E-state index in [1.165, 1.54) is 27.3 Å². The van der Waals surface area contributed by atoms with E-state index in [0.717, 1.165) is 0 Å². The zero-order valence-electron chi connectivity index (χ0n) is 12.1. The van der Waals surface area contributed by atoms with Gasteiger partial charge >= 0.3 is 26.7 Å². The van der Waals surface area contributed by atoms with Gasteiger partial charge < -0.3 is 13.3 Å². The van der Waals surface area contributed by atoms with E-state index in [2.05, 4.69) is 19.7 Å². The Morgan fingerprint density at radius 1 is 0.700 bits per heavy atom. The molecule has 0 unspecified atom stereocenters. The summed E-state index contributed by atoms with van der Waals surface area (Å²) in [4.78, 5) is 34.6. The lowest BCUT2D eigenvalue weighted by atomic mass is 10.4. The van der Waals surface area contributed by atoms with Crippen molar-refractivity contribution in [2.45, 2.75) is 27.3 Å². The van der Waals surface area contributed by atoms with Gasteiger partial charge in [0.05, 0.1) is 0 Å². The number of rotatable bonds is 6. The highest BCUT2D eigenvalue weighted by atomic mass is 28.4. The van der Waals surface area contributed by atoms with Crippen molar-refractivity contribution in [1.82, 2.24) is 0 Å². The van der Waals surface area contributed by atoms with Crippen LogP contribution in [0.25, 0.3) is 0 Å². The fraction of sp³-hybridized carbons (Fsp3) is 0.308. The first kappa shape index (κ1) is 17.8. The third-order valence-electron chi connectivity index (χ3n) is 1.88. The smallest absolute Gasteiger partial charge is 0.452 e. The van der Waals surface area contributed by atoms with E-state index < -0.39 is 26.7 Å². The number of hydrogen-bond acceptors (Lipinski definition) is 6. The molecular weight excluding hydrogens is 280 g/mol. The summed E-state index contributed by atoms with van der Waals surface area (Å²) in [5, 5.41) is 0. The predicted octanol–water partition coefficient (Wildman–Crippen LogP) is 1.91. The Balaban J connectivity index is 5.21. The summed E-state index contributed by atoms with van der Waals surface area (Å²) in [6.45, 7) is 15.7. The van der Waals surface area contributed by atoms with Crippen LogP contribution < -0.4 is 0 Å². The number of hydrogen-bond donors (Lipinski definition) is 0. The molecule has 0 aliphatic carbocycles. The molecular formula is C13H18O6Si. The molecule has 0 saturated carbocycles. The van der Waals surface area contributed by atoms with Gasteiger partial charge in [-0.1, -0.05) is 19.7 Å². The first-order chi connectivity index (χ1) is 8.98. The molecule has 7 heteroatoms. The van der Waals surface area contributed by atoms with Crippen molar-refractivity contribution in [1.29, 1.82) is 0 Å². The van der Waals surface area contributed by atoms with Crippen LogP contribution in [0.4, 0.5) is 0 Å². The average Bonchev–Trinajstić information content (AvgIpc) is 2.27. The molecule has 0 spiro atoms. The molecule has 0 saturated heterocycles. The van der Waals surface area contributed by atoms with Gasteiger partial charge in [-0.05, 0) is 20.8 Å². The van der Waals surface area contributed by atoms with Crippen LogP contribution in [0.2, 0.25) is 6.55 Å². The minimum absolute atomic E-state index is 0.0847. The molecule has 0 aromatic carbocycles. The molecule has 110 valence electrons. The fourth-order valence-corrected chi connectivity index (χ4v) is 2.49. The Hall–Kier alpha value is -2.15. The lowest BCUT2D eigenvalue weighted by Crippen LogP contribution is -2.47. The van der Waals surface area contributed by atoms with Crippen LogP contribution in [0.1, 0.15) is 20.8 Å². The standard InChI is InChI=1S/C13H18O6Si/c1-8(2)11(14)17-20(7,18-12(15)9(3)4)19-13(16)10(5)6/h1,3,5H2,2,4,6-7H3. The maximum absolute atomic E-state index is 11.5. The molecule has 20 heavy (non-hydrogen) atoms. The van der Waals surface area contributed by atoms with Crippen LogP contribution in [0.5, 0.6) is 0 Å². The molecule has 0 radical (unpaired) electrons. The summed E-state index contributed by atoms with van der Waals surface area (Å²) in [6, 6.07) is 0. The summed E-state index contributed by atoms with van der Waals surface area (Å²) in [5.74, 6) is -2.45. The van der Waals surface area contributed by atoms with Gasteiger partial charge in [-0.3, -0.25) is 0 Å². The van der Waals surface area contributed by atoms with Gasteiger partial charge in [0.2, 0.25) is 0 Å².